The molecule has 0 aliphatic carbocycles. The molecule has 0 spiro atoms. The second kappa shape index (κ2) is 52.5. The lowest BCUT2D eigenvalue weighted by molar-refractivity contribution is -0.167. The lowest BCUT2D eigenvalue weighted by Gasteiger charge is -2.18. The summed E-state index contributed by atoms with van der Waals surface area (Å²) in [7, 11) is 0. The van der Waals surface area contributed by atoms with Gasteiger partial charge in [-0.2, -0.15) is 0 Å². The van der Waals surface area contributed by atoms with Crippen LogP contribution in [-0.2, 0) is 28.6 Å². The minimum Gasteiger partial charge on any atom is -0.462 e. The first-order chi connectivity index (χ1) is 31.5. The number of ether oxygens (including phenoxy) is 3. The van der Waals surface area contributed by atoms with E-state index in [1.807, 2.05) is 0 Å². The molecular formula is C58H100O6. The summed E-state index contributed by atoms with van der Waals surface area (Å²) < 4.78 is 16.8. The monoisotopic (exact) mass is 893 g/mol. The van der Waals surface area contributed by atoms with Crippen LogP contribution >= 0.6 is 0 Å². The van der Waals surface area contributed by atoms with Crippen LogP contribution in [0, 0.1) is 0 Å². The van der Waals surface area contributed by atoms with E-state index < -0.39 is 6.10 Å². The maximum absolute atomic E-state index is 12.8. The van der Waals surface area contributed by atoms with Crippen molar-refractivity contribution in [3.8, 4) is 0 Å². The summed E-state index contributed by atoms with van der Waals surface area (Å²) in [6.07, 6.45) is 66.0. The van der Waals surface area contributed by atoms with Crippen molar-refractivity contribution in [3.05, 3.63) is 72.9 Å². The van der Waals surface area contributed by atoms with Gasteiger partial charge in [0.1, 0.15) is 13.2 Å². The average Bonchev–Trinajstić information content (AvgIpc) is 3.29. The summed E-state index contributed by atoms with van der Waals surface area (Å²) >= 11 is 0. The Labute approximate surface area is 395 Å². The van der Waals surface area contributed by atoms with Gasteiger partial charge >= 0.3 is 17.9 Å². The molecule has 0 heterocycles. The molecule has 1 atom stereocenters. The van der Waals surface area contributed by atoms with Crippen molar-refractivity contribution in [2.75, 3.05) is 13.2 Å². The highest BCUT2D eigenvalue weighted by atomic mass is 16.6. The van der Waals surface area contributed by atoms with Crippen molar-refractivity contribution in [1.29, 1.82) is 0 Å². The van der Waals surface area contributed by atoms with E-state index in [-0.39, 0.29) is 37.5 Å². The van der Waals surface area contributed by atoms with Crippen LogP contribution in [-0.4, -0.2) is 37.2 Å². The second-order valence-electron chi connectivity index (χ2n) is 17.8. The van der Waals surface area contributed by atoms with Crippen molar-refractivity contribution in [2.45, 2.75) is 264 Å². The molecule has 0 amide bonds. The number of allylic oxidation sites excluding steroid dienone is 12. The van der Waals surface area contributed by atoms with Gasteiger partial charge in [-0.3, -0.25) is 14.4 Å². The summed E-state index contributed by atoms with van der Waals surface area (Å²) in [6, 6.07) is 0. The fraction of sp³-hybridized carbons (Fsp3) is 0.741. The molecule has 64 heavy (non-hydrogen) atoms. The lowest BCUT2D eigenvalue weighted by Crippen LogP contribution is -2.30. The largest absolute Gasteiger partial charge is 0.462 e. The van der Waals surface area contributed by atoms with Crippen LogP contribution in [0.4, 0.5) is 0 Å². The van der Waals surface area contributed by atoms with Gasteiger partial charge in [0, 0.05) is 19.3 Å². The fourth-order valence-electron chi connectivity index (χ4n) is 7.46. The molecule has 0 bridgehead atoms. The molecule has 0 aliphatic heterocycles. The minimum absolute atomic E-state index is 0.0942. The quantitative estimate of drug-likeness (QED) is 0.0199. The zero-order chi connectivity index (χ0) is 46.5. The average molecular weight is 893 g/mol. The Kier molecular flexibility index (Phi) is 49.9. The van der Waals surface area contributed by atoms with E-state index in [4.69, 9.17) is 14.2 Å². The Bertz CT molecular complexity index is 1210. The first-order valence-electron chi connectivity index (χ1n) is 27.0. The molecule has 0 aromatic heterocycles. The third-order valence-corrected chi connectivity index (χ3v) is 11.5. The highest BCUT2D eigenvalue weighted by molar-refractivity contribution is 5.71. The predicted octanol–water partition coefficient (Wildman–Crippen LogP) is 17.8. The predicted molar refractivity (Wildman–Crippen MR) is 274 cm³/mol. The van der Waals surface area contributed by atoms with Crippen LogP contribution in [0.2, 0.25) is 0 Å². The van der Waals surface area contributed by atoms with Gasteiger partial charge in [-0.25, -0.2) is 0 Å². The van der Waals surface area contributed by atoms with Gasteiger partial charge in [0.25, 0.3) is 0 Å². The Morgan fingerprint density at radius 3 is 1.14 bits per heavy atom. The van der Waals surface area contributed by atoms with Crippen LogP contribution in [0.15, 0.2) is 72.9 Å². The molecule has 0 fully saturated rings. The standard InChI is InChI=1S/C58H100O6/c1-4-7-10-13-16-19-22-25-28-29-31-33-36-39-42-45-48-51-57(60)63-54-55(53-62-56(59)50-47-44-41-38-35-32-27-24-21-18-15-12-9-6-3)64-58(61)52-49-46-43-40-37-34-30-26-23-20-17-14-11-8-5-2/h8,11,14,17,20,23,25,28,31,33,39,42,55H,4-7,9-10,12-13,15-16,18-19,21-22,24,26-27,29-30,32,34-38,40-41,43-54H2,1-3H3/b11-8-,17-14-,23-20-,28-25-,33-31-,42-39-. The molecular weight excluding hydrogens is 793 g/mol. The Morgan fingerprint density at radius 1 is 0.344 bits per heavy atom. The molecule has 0 rings (SSSR count). The summed E-state index contributed by atoms with van der Waals surface area (Å²) in [5, 5.41) is 0. The Morgan fingerprint density at radius 2 is 0.688 bits per heavy atom. The first-order valence-corrected chi connectivity index (χ1v) is 27.0. The number of rotatable bonds is 48. The second-order valence-corrected chi connectivity index (χ2v) is 17.8. The number of hydrogen-bond donors (Lipinski definition) is 0. The van der Waals surface area contributed by atoms with E-state index >= 15 is 0 Å². The van der Waals surface area contributed by atoms with Gasteiger partial charge in [-0.05, 0) is 70.6 Å². The zero-order valence-corrected chi connectivity index (χ0v) is 42.0. The molecule has 0 radical (unpaired) electrons. The van der Waals surface area contributed by atoms with E-state index in [2.05, 4.69) is 93.7 Å². The number of unbranched alkanes of at least 4 members (excludes halogenated alkanes) is 27. The smallest absolute Gasteiger partial charge is 0.306 e. The third kappa shape index (κ3) is 49.9. The van der Waals surface area contributed by atoms with Crippen molar-refractivity contribution in [2.24, 2.45) is 0 Å². The van der Waals surface area contributed by atoms with Gasteiger partial charge in [0.2, 0.25) is 0 Å². The number of carbonyl (C=O) groups excluding carboxylic acids is 3. The molecule has 6 heteroatoms. The van der Waals surface area contributed by atoms with Gasteiger partial charge in [0.05, 0.1) is 0 Å². The van der Waals surface area contributed by atoms with Gasteiger partial charge in [-0.1, -0.05) is 241 Å². The third-order valence-electron chi connectivity index (χ3n) is 11.5. The van der Waals surface area contributed by atoms with Gasteiger partial charge < -0.3 is 14.2 Å². The highest BCUT2D eigenvalue weighted by Gasteiger charge is 2.19. The summed E-state index contributed by atoms with van der Waals surface area (Å²) in [4.78, 5) is 38.0. The molecule has 0 saturated heterocycles. The van der Waals surface area contributed by atoms with Crippen LogP contribution in [0.1, 0.15) is 258 Å². The summed E-state index contributed by atoms with van der Waals surface area (Å²) in [5.74, 6) is -0.956. The summed E-state index contributed by atoms with van der Waals surface area (Å²) in [5.41, 5.74) is 0. The number of esters is 3. The van der Waals surface area contributed by atoms with Crippen LogP contribution < -0.4 is 0 Å². The van der Waals surface area contributed by atoms with Crippen LogP contribution in [0.3, 0.4) is 0 Å². The van der Waals surface area contributed by atoms with E-state index in [0.717, 1.165) is 70.6 Å². The molecule has 0 aromatic rings. The maximum atomic E-state index is 12.8. The van der Waals surface area contributed by atoms with E-state index in [0.29, 0.717) is 19.3 Å². The number of carbonyl (C=O) groups is 3. The van der Waals surface area contributed by atoms with Crippen molar-refractivity contribution >= 4 is 17.9 Å². The molecule has 0 aromatic carbocycles. The van der Waals surface area contributed by atoms with Crippen molar-refractivity contribution in [3.63, 3.8) is 0 Å². The molecule has 368 valence electrons. The van der Waals surface area contributed by atoms with E-state index in [1.165, 1.54) is 141 Å². The first kappa shape index (κ1) is 60.9. The summed E-state index contributed by atoms with van der Waals surface area (Å²) in [6.45, 7) is 6.46. The molecule has 0 saturated carbocycles. The van der Waals surface area contributed by atoms with E-state index in [9.17, 15) is 14.4 Å². The lowest BCUT2D eigenvalue weighted by atomic mass is 10.0. The van der Waals surface area contributed by atoms with Gasteiger partial charge in [0.15, 0.2) is 6.10 Å². The van der Waals surface area contributed by atoms with E-state index in [1.54, 1.807) is 0 Å². The van der Waals surface area contributed by atoms with Crippen molar-refractivity contribution < 1.29 is 28.6 Å². The molecule has 6 nitrogen and oxygen atoms in total. The van der Waals surface area contributed by atoms with Crippen LogP contribution in [0.5, 0.6) is 0 Å². The Balaban J connectivity index is 4.46. The number of hydrogen-bond acceptors (Lipinski definition) is 6. The van der Waals surface area contributed by atoms with Crippen molar-refractivity contribution in [1.82, 2.24) is 0 Å². The molecule has 1 unspecified atom stereocenters. The minimum atomic E-state index is -0.800. The van der Waals surface area contributed by atoms with Crippen LogP contribution in [0.25, 0.3) is 0 Å². The zero-order valence-electron chi connectivity index (χ0n) is 42.0. The SMILES string of the molecule is CC\C=C/C=C\C=C/CCCCCCCCCC(=O)OC(COC(=O)CCC/C=C\C/C=C\C/C=C\CCCCCCCC)COC(=O)CCCCCCCCCCCCCCCC. The normalized spacial score (nSPS) is 12.6. The molecule has 0 aliphatic rings. The molecule has 0 N–H and O–H groups in total. The Hall–Kier alpha value is -3.15. The highest BCUT2D eigenvalue weighted by Crippen LogP contribution is 2.15. The fourth-order valence-corrected chi connectivity index (χ4v) is 7.46. The topological polar surface area (TPSA) is 78.9 Å². The van der Waals surface area contributed by atoms with Gasteiger partial charge in [-0.15, -0.1) is 0 Å². The maximum Gasteiger partial charge on any atom is 0.306 e.